The van der Waals surface area contributed by atoms with Gasteiger partial charge in [0.2, 0.25) is 11.6 Å². The number of rotatable bonds is 2. The maximum absolute atomic E-state index is 12.9. The Hall–Kier alpha value is -1.84. The van der Waals surface area contributed by atoms with Gasteiger partial charge in [-0.15, -0.1) is 0 Å². The number of carbonyl (C=O) groups excluding carboxylic acids is 2. The van der Waals surface area contributed by atoms with Crippen molar-refractivity contribution in [2.24, 2.45) is 11.8 Å². The summed E-state index contributed by atoms with van der Waals surface area (Å²) in [5.41, 5.74) is 10.2. The highest BCUT2D eigenvalue weighted by Crippen LogP contribution is 2.56. The number of piperidine rings is 1. The molecule has 5 atom stereocenters. The summed E-state index contributed by atoms with van der Waals surface area (Å²) in [5, 5.41) is 0. The number of carbonyl (C=O) groups is 2. The minimum Gasteiger partial charge on any atom is -0.505 e. The van der Waals surface area contributed by atoms with Gasteiger partial charge in [0.05, 0.1) is 11.8 Å². The van der Waals surface area contributed by atoms with Gasteiger partial charge in [0.15, 0.2) is 6.04 Å². The van der Waals surface area contributed by atoms with Crippen LogP contribution < -0.4 is 0 Å². The molecule has 0 spiro atoms. The van der Waals surface area contributed by atoms with Crippen molar-refractivity contribution >= 4 is 11.6 Å². The van der Waals surface area contributed by atoms with E-state index in [1.165, 1.54) is 0 Å². The fourth-order valence-electron chi connectivity index (χ4n) is 4.85. The Morgan fingerprint density at radius 1 is 1.19 bits per heavy atom. The highest BCUT2D eigenvalue weighted by atomic mass is 16.2. The predicted octanol–water partition coefficient (Wildman–Crippen LogP) is 2.51. The third-order valence-corrected chi connectivity index (χ3v) is 5.86. The third kappa shape index (κ3) is 1.31. The Morgan fingerprint density at radius 3 is 2.62 bits per heavy atom. The molecule has 4 unspecified atom stereocenters. The molecule has 4 nitrogen and oxygen atoms in total. The molecule has 4 rings (SSSR count). The average Bonchev–Trinajstić information content (AvgIpc) is 2.89. The molecule has 0 N–H and O–H groups in total. The molecule has 0 aromatic heterocycles. The number of Topliss-reactive ketones (excluding diaryl/α,β-unsaturated/α-hetero) is 2. The average molecular weight is 282 g/mol. The SMILES string of the molecule is C[C@@H](c1ccccc1)C12C(=O)C3CCCC(C3C1=O)[N+]2=[N-]. The van der Waals surface area contributed by atoms with E-state index in [1.54, 1.807) is 0 Å². The first-order valence-electron chi connectivity index (χ1n) is 7.72. The second-order valence-electron chi connectivity index (χ2n) is 6.60. The summed E-state index contributed by atoms with van der Waals surface area (Å²) in [7, 11) is 0. The summed E-state index contributed by atoms with van der Waals surface area (Å²) in [6, 6.07) is 9.41. The zero-order chi connectivity index (χ0) is 14.8. The Balaban J connectivity index is 1.87. The summed E-state index contributed by atoms with van der Waals surface area (Å²) < 4.78 is 1.12. The van der Waals surface area contributed by atoms with Crippen LogP contribution in [0.2, 0.25) is 0 Å². The lowest BCUT2D eigenvalue weighted by atomic mass is 9.73. The number of hydrogen-bond acceptors (Lipinski definition) is 2. The minimum absolute atomic E-state index is 0.0546. The van der Waals surface area contributed by atoms with E-state index in [0.717, 1.165) is 29.5 Å². The Kier molecular flexibility index (Phi) is 2.51. The Morgan fingerprint density at radius 2 is 1.90 bits per heavy atom. The molecule has 3 fully saturated rings. The van der Waals surface area contributed by atoms with Gasteiger partial charge in [0, 0.05) is 12.3 Å². The van der Waals surface area contributed by atoms with E-state index < -0.39 is 5.54 Å². The summed E-state index contributed by atoms with van der Waals surface area (Å²) in [5.74, 6) is -0.902. The summed E-state index contributed by atoms with van der Waals surface area (Å²) >= 11 is 0. The lowest BCUT2D eigenvalue weighted by Crippen LogP contribution is -2.56. The lowest BCUT2D eigenvalue weighted by molar-refractivity contribution is -0.630. The van der Waals surface area contributed by atoms with E-state index >= 15 is 0 Å². The van der Waals surface area contributed by atoms with Crippen LogP contribution in [-0.2, 0) is 9.59 Å². The van der Waals surface area contributed by atoms with E-state index in [9.17, 15) is 15.1 Å². The first-order valence-corrected chi connectivity index (χ1v) is 7.72. The van der Waals surface area contributed by atoms with E-state index in [2.05, 4.69) is 0 Å². The molecule has 0 radical (unpaired) electrons. The van der Waals surface area contributed by atoms with Crippen LogP contribution in [0.1, 0.15) is 37.7 Å². The maximum Gasteiger partial charge on any atom is 0.275 e. The minimum atomic E-state index is -1.35. The van der Waals surface area contributed by atoms with E-state index in [1.807, 2.05) is 37.3 Å². The predicted molar refractivity (Wildman–Crippen MR) is 75.8 cm³/mol. The normalized spacial score (nSPS) is 38.9. The fraction of sp³-hybridized carbons (Fsp3) is 0.529. The van der Waals surface area contributed by atoms with Crippen molar-refractivity contribution in [1.82, 2.24) is 0 Å². The number of fused-ring (bicyclic) bond motifs is 1. The van der Waals surface area contributed by atoms with Crippen molar-refractivity contribution in [3.8, 4) is 0 Å². The first kappa shape index (κ1) is 12.9. The van der Waals surface area contributed by atoms with Gasteiger partial charge in [0.25, 0.3) is 5.54 Å². The van der Waals surface area contributed by atoms with Crippen LogP contribution >= 0.6 is 0 Å². The lowest BCUT2D eigenvalue weighted by Gasteiger charge is -2.38. The largest absolute Gasteiger partial charge is 0.505 e. The summed E-state index contributed by atoms with van der Waals surface area (Å²) in [6.45, 7) is 1.89. The van der Waals surface area contributed by atoms with Crippen molar-refractivity contribution in [2.75, 3.05) is 0 Å². The van der Waals surface area contributed by atoms with Gasteiger partial charge in [-0.3, -0.25) is 9.59 Å². The van der Waals surface area contributed by atoms with Crippen LogP contribution in [0.25, 0.3) is 5.53 Å². The molecule has 2 saturated carbocycles. The molecule has 2 aliphatic carbocycles. The number of ketones is 2. The van der Waals surface area contributed by atoms with E-state index in [-0.39, 0.29) is 35.4 Å². The molecule has 1 saturated heterocycles. The second-order valence-corrected chi connectivity index (χ2v) is 6.60. The molecule has 2 bridgehead atoms. The van der Waals surface area contributed by atoms with Gasteiger partial charge in [-0.05, 0) is 18.4 Å². The van der Waals surface area contributed by atoms with Gasteiger partial charge in [-0.2, -0.15) is 0 Å². The molecule has 4 heteroatoms. The molecule has 1 aliphatic heterocycles. The van der Waals surface area contributed by atoms with Gasteiger partial charge >= 0.3 is 0 Å². The zero-order valence-electron chi connectivity index (χ0n) is 12.0. The van der Waals surface area contributed by atoms with Crippen molar-refractivity contribution in [1.29, 1.82) is 0 Å². The molecular formula is C17H18N2O2. The van der Waals surface area contributed by atoms with Gasteiger partial charge in [-0.1, -0.05) is 37.3 Å². The molecule has 0 amide bonds. The highest BCUT2D eigenvalue weighted by Gasteiger charge is 2.77. The second kappa shape index (κ2) is 4.09. The van der Waals surface area contributed by atoms with Crippen molar-refractivity contribution < 1.29 is 14.3 Å². The highest BCUT2D eigenvalue weighted by molar-refractivity contribution is 6.20. The van der Waals surface area contributed by atoms with Gasteiger partial charge < -0.3 is 10.2 Å². The quantitative estimate of drug-likeness (QED) is 0.618. The standard InChI is InChI=1S/C17H18N2O2/c1-10(11-6-3-2-4-7-11)17-15(20)12-8-5-9-13(19(17)18)14(12)16(17)21/h2-4,6-7,10,12-14H,5,8-9H2,1H3/t10-,12?,13?,14?,17?/m0/s1. The molecule has 108 valence electrons. The monoisotopic (exact) mass is 282 g/mol. The Bertz CT molecular complexity index is 614. The molecule has 1 heterocycles. The van der Waals surface area contributed by atoms with Crippen LogP contribution in [0.3, 0.4) is 0 Å². The van der Waals surface area contributed by atoms with Crippen LogP contribution in [0.4, 0.5) is 0 Å². The number of hydrogen-bond donors (Lipinski definition) is 0. The summed E-state index contributed by atoms with van der Waals surface area (Å²) in [6.07, 6.45) is 2.51. The molecular weight excluding hydrogens is 264 g/mol. The van der Waals surface area contributed by atoms with Crippen LogP contribution in [0, 0.1) is 11.8 Å². The van der Waals surface area contributed by atoms with Crippen LogP contribution in [-0.4, -0.2) is 27.8 Å². The van der Waals surface area contributed by atoms with Crippen molar-refractivity contribution in [3.05, 3.63) is 41.4 Å². The summed E-state index contributed by atoms with van der Waals surface area (Å²) in [4.78, 5) is 25.8. The maximum atomic E-state index is 12.9. The van der Waals surface area contributed by atoms with Crippen LogP contribution in [0.15, 0.2) is 30.3 Å². The van der Waals surface area contributed by atoms with Gasteiger partial charge in [-0.25, -0.2) is 0 Å². The van der Waals surface area contributed by atoms with Crippen LogP contribution in [0.5, 0.6) is 0 Å². The third-order valence-electron chi connectivity index (χ3n) is 5.86. The van der Waals surface area contributed by atoms with Crippen molar-refractivity contribution in [2.45, 2.75) is 43.7 Å². The molecule has 21 heavy (non-hydrogen) atoms. The van der Waals surface area contributed by atoms with Crippen molar-refractivity contribution in [3.63, 3.8) is 0 Å². The molecule has 1 aromatic carbocycles. The zero-order valence-corrected chi connectivity index (χ0v) is 12.0. The first-order chi connectivity index (χ1) is 10.1. The molecule has 3 aliphatic rings. The smallest absolute Gasteiger partial charge is 0.275 e. The fourth-order valence-corrected chi connectivity index (χ4v) is 4.85. The van der Waals surface area contributed by atoms with Gasteiger partial charge in [0.1, 0.15) is 0 Å². The number of benzene rings is 1. The Labute approximate surface area is 123 Å². The van der Waals surface area contributed by atoms with E-state index in [4.69, 9.17) is 0 Å². The van der Waals surface area contributed by atoms with E-state index in [0.29, 0.717) is 0 Å². The molecule has 1 aromatic rings. The topological polar surface area (TPSA) is 59.5 Å². The number of nitrogens with zero attached hydrogens (tertiary/aromatic N) is 2.